The van der Waals surface area contributed by atoms with Crippen LogP contribution in [0.2, 0.25) is 0 Å². The number of nitrogens with zero attached hydrogens (tertiary/aromatic N) is 2. The van der Waals surface area contributed by atoms with Gasteiger partial charge in [-0.05, 0) is 37.5 Å². The molecule has 2 aromatic rings. The van der Waals surface area contributed by atoms with Gasteiger partial charge in [-0.3, -0.25) is 4.79 Å². The van der Waals surface area contributed by atoms with Crippen molar-refractivity contribution in [1.82, 2.24) is 9.88 Å². The minimum absolute atomic E-state index is 0.0797. The van der Waals surface area contributed by atoms with Gasteiger partial charge >= 0.3 is 0 Å². The molecule has 1 fully saturated rings. The maximum atomic E-state index is 15.3. The average Bonchev–Trinajstić information content (AvgIpc) is 2.97. The van der Waals surface area contributed by atoms with E-state index in [2.05, 4.69) is 10.3 Å². The zero-order valence-electron chi connectivity index (χ0n) is 15.3. The van der Waals surface area contributed by atoms with Crippen LogP contribution in [-0.4, -0.2) is 36.4 Å². The van der Waals surface area contributed by atoms with Crippen LogP contribution < -0.4 is 11.1 Å². The van der Waals surface area contributed by atoms with Crippen molar-refractivity contribution in [3.8, 4) is 11.1 Å². The summed E-state index contributed by atoms with van der Waals surface area (Å²) >= 11 is 0. The Hall–Kier alpha value is -2.63. The second-order valence-corrected chi connectivity index (χ2v) is 7.60. The molecule has 26 heavy (non-hydrogen) atoms. The summed E-state index contributed by atoms with van der Waals surface area (Å²) in [5.41, 5.74) is 9.44. The first-order valence-electron chi connectivity index (χ1n) is 8.90. The lowest BCUT2D eigenvalue weighted by atomic mass is 9.64. The summed E-state index contributed by atoms with van der Waals surface area (Å²) in [5.74, 6) is -0.112. The topological polar surface area (TPSA) is 71.2 Å². The van der Waals surface area contributed by atoms with Gasteiger partial charge in [0.2, 0.25) is 0 Å². The van der Waals surface area contributed by atoms with Crippen molar-refractivity contribution in [3.63, 3.8) is 0 Å². The van der Waals surface area contributed by atoms with Gasteiger partial charge in [-0.2, -0.15) is 0 Å². The van der Waals surface area contributed by atoms with E-state index in [0.717, 1.165) is 36.3 Å². The standard InChI is InChI=1S/C20H23FN4O/c1-11-13(9-23-18-16(11)20(10-24-18)7-4-8-20)12-5-6-14(22)15(17(12)21)19(26)25(2)3/h5-6,9H,4,7-8,10,22H2,1-3H3,(H,23,24). The predicted octanol–water partition coefficient (Wildman–Crippen LogP) is 3.33. The third-order valence-corrected chi connectivity index (χ3v) is 5.86. The maximum absolute atomic E-state index is 15.3. The number of rotatable bonds is 2. The number of hydrogen-bond acceptors (Lipinski definition) is 4. The lowest BCUT2D eigenvalue weighted by molar-refractivity contribution is 0.0824. The van der Waals surface area contributed by atoms with E-state index < -0.39 is 11.7 Å². The summed E-state index contributed by atoms with van der Waals surface area (Å²) in [7, 11) is 3.17. The number of aromatic nitrogens is 1. The number of pyridine rings is 1. The van der Waals surface area contributed by atoms with Crippen molar-refractivity contribution >= 4 is 17.4 Å². The van der Waals surface area contributed by atoms with Crippen LogP contribution in [0, 0.1) is 12.7 Å². The lowest BCUT2D eigenvalue weighted by Gasteiger charge is -2.39. The van der Waals surface area contributed by atoms with Gasteiger partial charge in [-0.15, -0.1) is 0 Å². The second kappa shape index (κ2) is 5.69. The molecule has 136 valence electrons. The molecule has 1 aromatic heterocycles. The van der Waals surface area contributed by atoms with Gasteiger partial charge in [0.05, 0.1) is 5.56 Å². The van der Waals surface area contributed by atoms with E-state index >= 15 is 4.39 Å². The van der Waals surface area contributed by atoms with Gasteiger partial charge in [0.15, 0.2) is 0 Å². The van der Waals surface area contributed by atoms with Crippen molar-refractivity contribution in [2.45, 2.75) is 31.6 Å². The van der Waals surface area contributed by atoms with E-state index in [0.29, 0.717) is 5.56 Å². The molecule has 1 aliphatic heterocycles. The number of carbonyl (C=O) groups excluding carboxylic acids is 1. The van der Waals surface area contributed by atoms with Gasteiger partial charge < -0.3 is 16.0 Å². The first-order valence-corrected chi connectivity index (χ1v) is 8.90. The zero-order chi connectivity index (χ0) is 18.6. The monoisotopic (exact) mass is 354 g/mol. The predicted molar refractivity (Wildman–Crippen MR) is 101 cm³/mol. The SMILES string of the molecule is Cc1c(-c2ccc(N)c(C(=O)N(C)C)c2F)cnc2c1C1(CCC1)CN2. The largest absolute Gasteiger partial charge is 0.398 e. The van der Waals surface area contributed by atoms with Crippen LogP contribution in [0.4, 0.5) is 15.9 Å². The van der Waals surface area contributed by atoms with Crippen LogP contribution in [0.1, 0.15) is 40.7 Å². The summed E-state index contributed by atoms with van der Waals surface area (Å²) in [6, 6.07) is 3.24. The molecule has 1 saturated carbocycles. The molecule has 2 aliphatic rings. The molecule has 1 amide bonds. The third-order valence-electron chi connectivity index (χ3n) is 5.86. The van der Waals surface area contributed by atoms with E-state index in [1.54, 1.807) is 32.4 Å². The van der Waals surface area contributed by atoms with Gasteiger partial charge in [0.1, 0.15) is 11.6 Å². The molecule has 3 N–H and O–H groups in total. The molecular weight excluding hydrogens is 331 g/mol. The van der Waals surface area contributed by atoms with Crippen molar-refractivity contribution in [2.24, 2.45) is 0 Å². The van der Waals surface area contributed by atoms with Crippen LogP contribution in [0.25, 0.3) is 11.1 Å². The molecule has 0 radical (unpaired) electrons. The lowest BCUT2D eigenvalue weighted by Crippen LogP contribution is -2.36. The highest BCUT2D eigenvalue weighted by molar-refractivity contribution is 6.00. The van der Waals surface area contributed by atoms with Gasteiger partial charge in [0, 0.05) is 54.6 Å². The number of nitrogen functional groups attached to an aromatic ring is 1. The first kappa shape index (κ1) is 16.8. The molecule has 2 heterocycles. The fourth-order valence-corrected chi connectivity index (χ4v) is 4.27. The Balaban J connectivity index is 1.89. The molecule has 5 nitrogen and oxygen atoms in total. The number of fused-ring (bicyclic) bond motifs is 2. The number of nitrogens with two attached hydrogens (primary N) is 1. The molecule has 0 saturated heterocycles. The van der Waals surface area contributed by atoms with E-state index in [9.17, 15) is 4.79 Å². The van der Waals surface area contributed by atoms with Crippen LogP contribution in [0.3, 0.4) is 0 Å². The molecule has 4 rings (SSSR count). The Bertz CT molecular complexity index is 919. The molecule has 1 aliphatic carbocycles. The summed E-state index contributed by atoms with van der Waals surface area (Å²) < 4.78 is 15.3. The number of carbonyl (C=O) groups is 1. The normalized spacial score (nSPS) is 16.8. The minimum Gasteiger partial charge on any atom is -0.398 e. The number of benzene rings is 1. The van der Waals surface area contributed by atoms with Gasteiger partial charge in [0.25, 0.3) is 5.91 Å². The Morgan fingerprint density at radius 1 is 1.31 bits per heavy atom. The van der Waals surface area contributed by atoms with Crippen molar-refractivity contribution in [2.75, 3.05) is 31.7 Å². The fraction of sp³-hybridized carbons (Fsp3) is 0.400. The number of amides is 1. The maximum Gasteiger partial charge on any atom is 0.258 e. The average molecular weight is 354 g/mol. The molecule has 6 heteroatoms. The summed E-state index contributed by atoms with van der Waals surface area (Å²) in [4.78, 5) is 18.3. The summed E-state index contributed by atoms with van der Waals surface area (Å²) in [6.07, 6.45) is 5.17. The number of anilines is 2. The minimum atomic E-state index is -0.581. The van der Waals surface area contributed by atoms with Crippen molar-refractivity contribution in [1.29, 1.82) is 0 Å². The highest BCUT2D eigenvalue weighted by Crippen LogP contribution is 2.52. The van der Waals surface area contributed by atoms with E-state index in [1.807, 2.05) is 6.92 Å². The van der Waals surface area contributed by atoms with Crippen LogP contribution >= 0.6 is 0 Å². The third kappa shape index (κ3) is 2.21. The van der Waals surface area contributed by atoms with Crippen LogP contribution in [0.5, 0.6) is 0 Å². The molecule has 0 atom stereocenters. The second-order valence-electron chi connectivity index (χ2n) is 7.60. The number of nitrogens with one attached hydrogen (secondary N) is 1. The summed E-state index contributed by atoms with van der Waals surface area (Å²) in [6.45, 7) is 2.92. The Morgan fingerprint density at radius 3 is 2.65 bits per heavy atom. The van der Waals surface area contributed by atoms with E-state index in [-0.39, 0.29) is 16.7 Å². The Kier molecular flexibility index (Phi) is 3.68. The molecular formula is C20H23FN4O. The van der Waals surface area contributed by atoms with E-state index in [4.69, 9.17) is 5.73 Å². The Morgan fingerprint density at radius 2 is 2.04 bits per heavy atom. The number of hydrogen-bond donors (Lipinski definition) is 2. The van der Waals surface area contributed by atoms with Gasteiger partial charge in [-0.25, -0.2) is 9.37 Å². The van der Waals surface area contributed by atoms with Gasteiger partial charge in [-0.1, -0.05) is 6.42 Å². The smallest absolute Gasteiger partial charge is 0.258 e. The first-order chi connectivity index (χ1) is 12.4. The van der Waals surface area contributed by atoms with E-state index in [1.165, 1.54) is 16.9 Å². The molecule has 1 aromatic carbocycles. The number of halogens is 1. The van der Waals surface area contributed by atoms with Crippen LogP contribution in [0.15, 0.2) is 18.3 Å². The van der Waals surface area contributed by atoms with Crippen molar-refractivity contribution < 1.29 is 9.18 Å². The summed E-state index contributed by atoms with van der Waals surface area (Å²) in [5, 5.41) is 3.40. The Labute approximate surface area is 152 Å². The fourth-order valence-electron chi connectivity index (χ4n) is 4.27. The highest BCUT2D eigenvalue weighted by Gasteiger charge is 2.46. The molecule has 1 spiro atoms. The van der Waals surface area contributed by atoms with Crippen LogP contribution in [-0.2, 0) is 5.41 Å². The zero-order valence-corrected chi connectivity index (χ0v) is 15.3. The molecule has 0 unspecified atom stereocenters. The quantitative estimate of drug-likeness (QED) is 0.812. The molecule has 0 bridgehead atoms. The highest BCUT2D eigenvalue weighted by atomic mass is 19.1. The van der Waals surface area contributed by atoms with Crippen molar-refractivity contribution in [3.05, 3.63) is 40.8 Å².